The van der Waals surface area contributed by atoms with E-state index in [-0.39, 0.29) is 0 Å². The maximum Gasteiger partial charge on any atom is 0.191 e. The van der Waals surface area contributed by atoms with Crippen LogP contribution in [0.15, 0.2) is 40.2 Å². The van der Waals surface area contributed by atoms with Crippen molar-refractivity contribution in [2.45, 2.75) is 22.5 Å². The molecule has 2 N–H and O–H groups in total. The standard InChI is InChI=1S/C17H27N3O2S/c1-18-16(19-10-11-22-13-12-21-2)20-14-17(8-9-17)23-15-6-4-3-5-7-15/h3-7H,8-14H2,1-2H3,(H2,18,19,20). The van der Waals surface area contributed by atoms with E-state index in [1.807, 2.05) is 11.8 Å². The Kier molecular flexibility index (Phi) is 7.71. The highest BCUT2D eigenvalue weighted by Crippen LogP contribution is 2.51. The van der Waals surface area contributed by atoms with Gasteiger partial charge in [-0.3, -0.25) is 4.99 Å². The van der Waals surface area contributed by atoms with Gasteiger partial charge in [-0.25, -0.2) is 0 Å². The van der Waals surface area contributed by atoms with Crippen LogP contribution in [-0.2, 0) is 9.47 Å². The van der Waals surface area contributed by atoms with Gasteiger partial charge < -0.3 is 20.1 Å². The SMILES string of the molecule is CN=C(NCCOCCOC)NCC1(Sc2ccccc2)CC1. The Bertz CT molecular complexity index is 478. The minimum Gasteiger partial charge on any atom is -0.382 e. The second-order valence-corrected chi connectivity index (χ2v) is 7.10. The van der Waals surface area contributed by atoms with Crippen molar-refractivity contribution < 1.29 is 9.47 Å². The molecule has 0 radical (unpaired) electrons. The van der Waals surface area contributed by atoms with E-state index in [9.17, 15) is 0 Å². The van der Waals surface area contributed by atoms with E-state index in [1.165, 1.54) is 17.7 Å². The fourth-order valence-corrected chi connectivity index (χ4v) is 3.39. The van der Waals surface area contributed by atoms with Gasteiger partial charge in [-0.15, -0.1) is 11.8 Å². The fourth-order valence-electron chi connectivity index (χ4n) is 2.14. The highest BCUT2D eigenvalue weighted by Gasteiger charge is 2.43. The van der Waals surface area contributed by atoms with Gasteiger partial charge in [0.15, 0.2) is 5.96 Å². The van der Waals surface area contributed by atoms with Gasteiger partial charge in [-0.2, -0.15) is 0 Å². The lowest BCUT2D eigenvalue weighted by atomic mass is 10.4. The fraction of sp³-hybridized carbons (Fsp3) is 0.588. The molecule has 23 heavy (non-hydrogen) atoms. The van der Waals surface area contributed by atoms with Crippen LogP contribution < -0.4 is 10.6 Å². The largest absolute Gasteiger partial charge is 0.382 e. The second-order valence-electron chi connectivity index (χ2n) is 5.56. The van der Waals surface area contributed by atoms with Crippen LogP contribution in [0.3, 0.4) is 0 Å². The van der Waals surface area contributed by atoms with E-state index in [2.05, 4.69) is 46.0 Å². The molecular formula is C17H27N3O2S. The molecule has 2 rings (SSSR count). The van der Waals surface area contributed by atoms with Crippen LogP contribution in [0.5, 0.6) is 0 Å². The third kappa shape index (κ3) is 6.81. The van der Waals surface area contributed by atoms with E-state index < -0.39 is 0 Å². The summed E-state index contributed by atoms with van der Waals surface area (Å²) in [6, 6.07) is 10.6. The summed E-state index contributed by atoms with van der Waals surface area (Å²) in [6.07, 6.45) is 2.49. The van der Waals surface area contributed by atoms with E-state index in [0.29, 0.717) is 24.6 Å². The summed E-state index contributed by atoms with van der Waals surface area (Å²) < 4.78 is 10.7. The maximum absolute atomic E-state index is 5.43. The molecule has 0 bridgehead atoms. The quantitative estimate of drug-likeness (QED) is 0.389. The third-order valence-corrected chi connectivity index (χ3v) is 5.15. The predicted molar refractivity (Wildman–Crippen MR) is 96.3 cm³/mol. The number of aliphatic imine (C=N–C) groups is 1. The van der Waals surface area contributed by atoms with Gasteiger partial charge in [0.1, 0.15) is 0 Å². The van der Waals surface area contributed by atoms with Gasteiger partial charge in [0.25, 0.3) is 0 Å². The molecule has 5 nitrogen and oxygen atoms in total. The van der Waals surface area contributed by atoms with E-state index >= 15 is 0 Å². The number of nitrogens with zero attached hydrogens (tertiary/aromatic N) is 1. The summed E-state index contributed by atoms with van der Waals surface area (Å²) in [6.45, 7) is 3.57. The Hall–Kier alpha value is -1.24. The van der Waals surface area contributed by atoms with Crippen molar-refractivity contribution in [3.63, 3.8) is 0 Å². The van der Waals surface area contributed by atoms with E-state index in [1.54, 1.807) is 14.2 Å². The van der Waals surface area contributed by atoms with E-state index in [0.717, 1.165) is 19.0 Å². The molecule has 0 heterocycles. The number of benzene rings is 1. The summed E-state index contributed by atoms with van der Waals surface area (Å²) in [5.41, 5.74) is 0. The van der Waals surface area contributed by atoms with Gasteiger partial charge in [-0.1, -0.05) is 18.2 Å². The molecule has 0 spiro atoms. The molecule has 0 aromatic heterocycles. The molecule has 1 aliphatic rings. The van der Waals surface area contributed by atoms with Crippen LogP contribution in [0.2, 0.25) is 0 Å². The van der Waals surface area contributed by atoms with Crippen LogP contribution in [0.4, 0.5) is 0 Å². The lowest BCUT2D eigenvalue weighted by Gasteiger charge is -2.18. The van der Waals surface area contributed by atoms with Crippen molar-refractivity contribution in [3.8, 4) is 0 Å². The lowest BCUT2D eigenvalue weighted by Crippen LogP contribution is -2.42. The highest BCUT2D eigenvalue weighted by molar-refractivity contribution is 8.01. The molecule has 0 aliphatic heterocycles. The first-order valence-corrected chi connectivity index (χ1v) is 8.85. The van der Waals surface area contributed by atoms with Crippen molar-refractivity contribution in [2.75, 3.05) is 47.1 Å². The van der Waals surface area contributed by atoms with Crippen molar-refractivity contribution in [3.05, 3.63) is 30.3 Å². The minimum atomic E-state index is 0.313. The van der Waals surface area contributed by atoms with Crippen molar-refractivity contribution in [1.29, 1.82) is 0 Å². The molecule has 6 heteroatoms. The Labute approximate surface area is 143 Å². The van der Waals surface area contributed by atoms with Crippen molar-refractivity contribution in [1.82, 2.24) is 10.6 Å². The summed E-state index contributed by atoms with van der Waals surface area (Å²) in [5.74, 6) is 0.834. The normalized spacial score (nSPS) is 16.2. The predicted octanol–water partition coefficient (Wildman–Crippen LogP) is 2.14. The van der Waals surface area contributed by atoms with Crippen LogP contribution in [0.25, 0.3) is 0 Å². The van der Waals surface area contributed by atoms with Gasteiger partial charge in [0.2, 0.25) is 0 Å². The summed E-state index contributed by atoms with van der Waals surface area (Å²) in [5, 5.41) is 6.71. The summed E-state index contributed by atoms with van der Waals surface area (Å²) in [7, 11) is 3.47. The van der Waals surface area contributed by atoms with Gasteiger partial charge in [0, 0.05) is 36.9 Å². The molecule has 1 aromatic rings. The van der Waals surface area contributed by atoms with Gasteiger partial charge >= 0.3 is 0 Å². The van der Waals surface area contributed by atoms with Crippen LogP contribution in [0.1, 0.15) is 12.8 Å². The Balaban J connectivity index is 1.65. The number of thioether (sulfide) groups is 1. The molecule has 1 aromatic carbocycles. The summed E-state index contributed by atoms with van der Waals surface area (Å²) in [4.78, 5) is 5.60. The zero-order chi connectivity index (χ0) is 16.4. The molecule has 0 saturated heterocycles. The smallest absolute Gasteiger partial charge is 0.191 e. The van der Waals surface area contributed by atoms with E-state index in [4.69, 9.17) is 9.47 Å². The third-order valence-electron chi connectivity index (χ3n) is 3.66. The summed E-state index contributed by atoms with van der Waals surface area (Å²) >= 11 is 1.96. The Morgan fingerprint density at radius 1 is 1.17 bits per heavy atom. The Morgan fingerprint density at radius 2 is 1.96 bits per heavy atom. The first-order chi connectivity index (χ1) is 11.3. The molecule has 0 atom stereocenters. The maximum atomic E-state index is 5.43. The van der Waals surface area contributed by atoms with Crippen LogP contribution in [-0.4, -0.2) is 57.8 Å². The minimum absolute atomic E-state index is 0.313. The number of guanidine groups is 1. The lowest BCUT2D eigenvalue weighted by molar-refractivity contribution is 0.0733. The molecule has 1 fully saturated rings. The second kappa shape index (κ2) is 9.80. The molecule has 1 aliphatic carbocycles. The number of hydrogen-bond acceptors (Lipinski definition) is 4. The topological polar surface area (TPSA) is 54.9 Å². The number of hydrogen-bond donors (Lipinski definition) is 2. The molecule has 1 saturated carbocycles. The first kappa shape index (κ1) is 18.1. The van der Waals surface area contributed by atoms with Crippen molar-refractivity contribution in [2.24, 2.45) is 4.99 Å². The zero-order valence-electron chi connectivity index (χ0n) is 14.0. The number of nitrogens with one attached hydrogen (secondary N) is 2. The molecule has 128 valence electrons. The van der Waals surface area contributed by atoms with Gasteiger partial charge in [0.05, 0.1) is 19.8 Å². The monoisotopic (exact) mass is 337 g/mol. The zero-order valence-corrected chi connectivity index (χ0v) is 14.8. The molecule has 0 unspecified atom stereocenters. The van der Waals surface area contributed by atoms with Gasteiger partial charge in [-0.05, 0) is 25.0 Å². The average molecular weight is 337 g/mol. The highest BCUT2D eigenvalue weighted by atomic mass is 32.2. The van der Waals surface area contributed by atoms with Crippen LogP contribution in [0, 0.1) is 0 Å². The van der Waals surface area contributed by atoms with Crippen molar-refractivity contribution >= 4 is 17.7 Å². The first-order valence-electron chi connectivity index (χ1n) is 8.03. The average Bonchev–Trinajstić information content (AvgIpc) is 3.34. The number of methoxy groups -OCH3 is 1. The number of rotatable bonds is 10. The molecule has 0 amide bonds. The Morgan fingerprint density at radius 3 is 2.61 bits per heavy atom. The molecular weight excluding hydrogens is 310 g/mol. The van der Waals surface area contributed by atoms with Crippen LogP contribution >= 0.6 is 11.8 Å². The number of ether oxygens (including phenoxy) is 2.